The van der Waals surface area contributed by atoms with E-state index in [1.54, 1.807) is 24.3 Å². The maximum absolute atomic E-state index is 11.2. The molecule has 0 atom stereocenters. The molecule has 0 spiro atoms. The number of benzene rings is 1. The summed E-state index contributed by atoms with van der Waals surface area (Å²) in [5, 5.41) is 12.2. The highest BCUT2D eigenvalue weighted by Gasteiger charge is 2.15. The fourth-order valence-corrected chi connectivity index (χ4v) is 2.45. The fourth-order valence-electron chi connectivity index (χ4n) is 2.45. The van der Waals surface area contributed by atoms with Gasteiger partial charge in [0.2, 0.25) is 0 Å². The second kappa shape index (κ2) is 5.78. The van der Waals surface area contributed by atoms with Crippen LogP contribution >= 0.6 is 0 Å². The van der Waals surface area contributed by atoms with Gasteiger partial charge in [-0.2, -0.15) is 0 Å². The number of nitrogens with zero attached hydrogens (tertiary/aromatic N) is 3. The van der Waals surface area contributed by atoms with E-state index in [2.05, 4.69) is 20.2 Å². The zero-order chi connectivity index (χ0) is 14.7. The zero-order valence-electron chi connectivity index (χ0n) is 11.5. The molecule has 0 unspecified atom stereocenters. The number of hydrogen-bond donors (Lipinski definition) is 2. The van der Waals surface area contributed by atoms with Gasteiger partial charge in [0, 0.05) is 19.2 Å². The average molecular weight is 284 g/mol. The van der Waals surface area contributed by atoms with Crippen LogP contribution in [0.4, 0.5) is 17.3 Å². The summed E-state index contributed by atoms with van der Waals surface area (Å²) >= 11 is 0. The smallest absolute Gasteiger partial charge is 0.337 e. The van der Waals surface area contributed by atoms with Crippen molar-refractivity contribution >= 4 is 23.3 Å². The third-order valence-corrected chi connectivity index (χ3v) is 3.50. The Morgan fingerprint density at radius 3 is 2.71 bits per heavy atom. The van der Waals surface area contributed by atoms with Crippen molar-refractivity contribution in [2.24, 2.45) is 0 Å². The van der Waals surface area contributed by atoms with E-state index in [1.165, 1.54) is 19.2 Å². The minimum absolute atomic E-state index is 0.221. The van der Waals surface area contributed by atoms with Crippen LogP contribution in [0.25, 0.3) is 0 Å². The SMILES string of the molecule is O=C(O)c1ccccc1Nc1cc(N2CCCC2)ncn1. The van der Waals surface area contributed by atoms with Crippen LogP contribution in [0, 0.1) is 0 Å². The van der Waals surface area contributed by atoms with E-state index in [1.807, 2.05) is 6.07 Å². The molecule has 2 aromatic rings. The summed E-state index contributed by atoms with van der Waals surface area (Å²) in [6.07, 6.45) is 3.85. The lowest BCUT2D eigenvalue weighted by Gasteiger charge is -2.17. The number of aromatic nitrogens is 2. The molecular weight excluding hydrogens is 268 g/mol. The van der Waals surface area contributed by atoms with Crippen LogP contribution in [0.1, 0.15) is 23.2 Å². The van der Waals surface area contributed by atoms with Crippen LogP contribution in [0.15, 0.2) is 36.7 Å². The molecule has 0 bridgehead atoms. The molecule has 0 saturated carbocycles. The maximum Gasteiger partial charge on any atom is 0.337 e. The minimum atomic E-state index is -0.966. The second-order valence-electron chi connectivity index (χ2n) is 4.93. The highest BCUT2D eigenvalue weighted by atomic mass is 16.4. The number of carboxylic acid groups (broad SMARTS) is 1. The summed E-state index contributed by atoms with van der Waals surface area (Å²) in [6, 6.07) is 8.62. The molecule has 108 valence electrons. The summed E-state index contributed by atoms with van der Waals surface area (Å²) in [5.74, 6) is 0.505. The molecular formula is C15H16N4O2. The number of rotatable bonds is 4. The molecule has 1 aliphatic rings. The maximum atomic E-state index is 11.2. The van der Waals surface area contributed by atoms with Crippen molar-refractivity contribution in [3.05, 3.63) is 42.2 Å². The summed E-state index contributed by atoms with van der Waals surface area (Å²) in [5.41, 5.74) is 0.745. The predicted molar refractivity (Wildman–Crippen MR) is 80.2 cm³/mol. The van der Waals surface area contributed by atoms with Gasteiger partial charge in [0.1, 0.15) is 18.0 Å². The summed E-state index contributed by atoms with van der Waals surface area (Å²) in [6.45, 7) is 2.00. The standard InChI is InChI=1S/C15H16N4O2/c20-15(21)11-5-1-2-6-12(11)18-13-9-14(17-10-16-13)19-7-3-4-8-19/h1-2,5-6,9-10H,3-4,7-8H2,(H,20,21)(H,16,17,18). The van der Waals surface area contributed by atoms with Gasteiger partial charge in [-0.05, 0) is 25.0 Å². The Kier molecular flexibility index (Phi) is 3.68. The number of nitrogens with one attached hydrogen (secondary N) is 1. The van der Waals surface area contributed by atoms with Crippen molar-refractivity contribution < 1.29 is 9.90 Å². The number of para-hydroxylation sites is 1. The number of carboxylic acids is 1. The van der Waals surface area contributed by atoms with Gasteiger partial charge in [0.15, 0.2) is 0 Å². The van der Waals surface area contributed by atoms with Gasteiger partial charge < -0.3 is 15.3 Å². The van der Waals surface area contributed by atoms with Crippen molar-refractivity contribution in [1.82, 2.24) is 9.97 Å². The Bertz CT molecular complexity index is 654. The second-order valence-corrected chi connectivity index (χ2v) is 4.93. The number of anilines is 3. The van der Waals surface area contributed by atoms with E-state index < -0.39 is 5.97 Å². The third-order valence-electron chi connectivity index (χ3n) is 3.50. The highest BCUT2D eigenvalue weighted by molar-refractivity contribution is 5.95. The molecule has 6 nitrogen and oxygen atoms in total. The normalized spacial score (nSPS) is 14.2. The topological polar surface area (TPSA) is 78.4 Å². The van der Waals surface area contributed by atoms with Gasteiger partial charge in [0.25, 0.3) is 0 Å². The molecule has 1 aromatic carbocycles. The number of carbonyl (C=O) groups is 1. The first-order valence-electron chi connectivity index (χ1n) is 6.90. The molecule has 0 aliphatic carbocycles. The lowest BCUT2D eigenvalue weighted by atomic mass is 10.2. The molecule has 2 heterocycles. The monoisotopic (exact) mass is 284 g/mol. The molecule has 6 heteroatoms. The molecule has 3 rings (SSSR count). The molecule has 21 heavy (non-hydrogen) atoms. The van der Waals surface area contributed by atoms with Crippen molar-refractivity contribution in [2.45, 2.75) is 12.8 Å². The Labute approximate surface area is 122 Å². The Morgan fingerprint density at radius 2 is 1.95 bits per heavy atom. The molecule has 1 saturated heterocycles. The quantitative estimate of drug-likeness (QED) is 0.898. The van der Waals surface area contributed by atoms with Crippen LogP contribution < -0.4 is 10.2 Å². The van der Waals surface area contributed by atoms with Gasteiger partial charge in [-0.15, -0.1) is 0 Å². The van der Waals surface area contributed by atoms with Gasteiger partial charge in [0.05, 0.1) is 11.3 Å². The Morgan fingerprint density at radius 1 is 1.19 bits per heavy atom. The largest absolute Gasteiger partial charge is 0.478 e. The first kappa shape index (κ1) is 13.4. The van der Waals surface area contributed by atoms with Gasteiger partial charge in [-0.25, -0.2) is 14.8 Å². The van der Waals surface area contributed by atoms with Crippen LogP contribution in [0.2, 0.25) is 0 Å². The van der Waals surface area contributed by atoms with Crippen LogP contribution in [0.5, 0.6) is 0 Å². The van der Waals surface area contributed by atoms with E-state index in [4.69, 9.17) is 0 Å². The summed E-state index contributed by atoms with van der Waals surface area (Å²) < 4.78 is 0. The van der Waals surface area contributed by atoms with Crippen molar-refractivity contribution in [3.8, 4) is 0 Å². The average Bonchev–Trinajstić information content (AvgIpc) is 3.02. The molecule has 1 aliphatic heterocycles. The molecule has 2 N–H and O–H groups in total. The van der Waals surface area contributed by atoms with Crippen molar-refractivity contribution in [2.75, 3.05) is 23.3 Å². The first-order chi connectivity index (χ1) is 10.2. The number of aromatic carboxylic acids is 1. The van der Waals surface area contributed by atoms with Gasteiger partial charge >= 0.3 is 5.97 Å². The van der Waals surface area contributed by atoms with Gasteiger partial charge in [-0.3, -0.25) is 0 Å². The van der Waals surface area contributed by atoms with E-state index in [9.17, 15) is 9.90 Å². The Hall–Kier alpha value is -2.63. The first-order valence-corrected chi connectivity index (χ1v) is 6.90. The van der Waals surface area contributed by atoms with E-state index in [-0.39, 0.29) is 5.56 Å². The molecule has 1 aromatic heterocycles. The van der Waals surface area contributed by atoms with Crippen LogP contribution in [-0.4, -0.2) is 34.1 Å². The van der Waals surface area contributed by atoms with Crippen molar-refractivity contribution in [1.29, 1.82) is 0 Å². The van der Waals surface area contributed by atoms with Crippen LogP contribution in [-0.2, 0) is 0 Å². The lowest BCUT2D eigenvalue weighted by Crippen LogP contribution is -2.19. The van der Waals surface area contributed by atoms with E-state index in [0.29, 0.717) is 11.5 Å². The Balaban J connectivity index is 1.85. The van der Waals surface area contributed by atoms with Crippen LogP contribution in [0.3, 0.4) is 0 Å². The zero-order valence-corrected chi connectivity index (χ0v) is 11.5. The fraction of sp³-hybridized carbons (Fsp3) is 0.267. The molecule has 0 amide bonds. The lowest BCUT2D eigenvalue weighted by molar-refractivity contribution is 0.0698. The van der Waals surface area contributed by atoms with Crippen molar-refractivity contribution in [3.63, 3.8) is 0 Å². The third kappa shape index (κ3) is 2.94. The molecule has 0 radical (unpaired) electrons. The van der Waals surface area contributed by atoms with Gasteiger partial charge in [-0.1, -0.05) is 12.1 Å². The van der Waals surface area contributed by atoms with E-state index >= 15 is 0 Å². The van der Waals surface area contributed by atoms with E-state index in [0.717, 1.165) is 18.9 Å². The highest BCUT2D eigenvalue weighted by Crippen LogP contribution is 2.23. The summed E-state index contributed by atoms with van der Waals surface area (Å²) in [7, 11) is 0. The minimum Gasteiger partial charge on any atom is -0.478 e. The predicted octanol–water partition coefficient (Wildman–Crippen LogP) is 2.52. The number of hydrogen-bond acceptors (Lipinski definition) is 5. The summed E-state index contributed by atoms with van der Waals surface area (Å²) in [4.78, 5) is 21.9. The molecule has 1 fully saturated rings.